The molecule has 0 saturated heterocycles. The van der Waals surface area contributed by atoms with Crippen LogP contribution in [0.2, 0.25) is 5.02 Å². The lowest BCUT2D eigenvalue weighted by Crippen LogP contribution is -2.19. The van der Waals surface area contributed by atoms with Crippen molar-refractivity contribution in [1.82, 2.24) is 0 Å². The Hall–Kier alpha value is -1.10. The predicted octanol–water partition coefficient (Wildman–Crippen LogP) is 4.80. The number of halogens is 3. The first kappa shape index (κ1) is 13.9. The van der Waals surface area contributed by atoms with Crippen molar-refractivity contribution in [3.05, 3.63) is 62.8 Å². The molecule has 0 aliphatic carbocycles. The molecule has 2 nitrogen and oxygen atoms in total. The molecule has 0 fully saturated rings. The number of hydrogen-bond acceptors (Lipinski definition) is 2. The lowest BCUT2D eigenvalue weighted by molar-refractivity contribution is 0.0655. The smallest absolute Gasteiger partial charge is 0.142 e. The normalized spacial score (nSPS) is 21.2. The van der Waals surface area contributed by atoms with Gasteiger partial charge in [-0.05, 0) is 35.9 Å². The van der Waals surface area contributed by atoms with Gasteiger partial charge in [-0.1, -0.05) is 33.6 Å². The van der Waals surface area contributed by atoms with Gasteiger partial charge in [0.05, 0.1) is 11.1 Å². The number of hydrogen-bond donors (Lipinski definition) is 1. The summed E-state index contributed by atoms with van der Waals surface area (Å²) in [7, 11) is 0. The maximum atomic E-state index is 13.5. The van der Waals surface area contributed by atoms with Crippen LogP contribution >= 0.6 is 27.5 Å². The van der Waals surface area contributed by atoms with E-state index in [1.54, 1.807) is 12.1 Å². The SMILES string of the molecule is O[C@H]1CC(c2ccc(Cl)c(F)c2)Oc2ccc(Br)cc21. The molecule has 0 radical (unpaired) electrons. The van der Waals surface area contributed by atoms with Crippen LogP contribution in [0.25, 0.3) is 0 Å². The van der Waals surface area contributed by atoms with E-state index in [1.807, 2.05) is 12.1 Å². The number of rotatable bonds is 1. The van der Waals surface area contributed by atoms with E-state index < -0.39 is 11.9 Å². The Morgan fingerprint density at radius 1 is 1.25 bits per heavy atom. The minimum atomic E-state index is -0.639. The van der Waals surface area contributed by atoms with Crippen molar-refractivity contribution in [2.45, 2.75) is 18.6 Å². The highest BCUT2D eigenvalue weighted by Crippen LogP contribution is 2.42. The van der Waals surface area contributed by atoms with Crippen LogP contribution in [-0.2, 0) is 0 Å². The van der Waals surface area contributed by atoms with E-state index in [4.69, 9.17) is 16.3 Å². The van der Waals surface area contributed by atoms with Crippen molar-refractivity contribution >= 4 is 27.5 Å². The second-order valence-corrected chi connectivity index (χ2v) is 6.04. The fraction of sp³-hybridized carbons (Fsp3) is 0.200. The number of benzene rings is 2. The van der Waals surface area contributed by atoms with E-state index in [-0.39, 0.29) is 11.1 Å². The molecule has 5 heteroatoms. The topological polar surface area (TPSA) is 29.5 Å². The van der Waals surface area contributed by atoms with Gasteiger partial charge in [0.2, 0.25) is 0 Å². The maximum absolute atomic E-state index is 13.5. The molecule has 20 heavy (non-hydrogen) atoms. The molecule has 1 unspecified atom stereocenters. The monoisotopic (exact) mass is 356 g/mol. The van der Waals surface area contributed by atoms with E-state index in [2.05, 4.69) is 15.9 Å². The molecule has 0 spiro atoms. The van der Waals surface area contributed by atoms with E-state index in [0.717, 1.165) is 10.0 Å². The molecule has 104 valence electrons. The van der Waals surface area contributed by atoms with Gasteiger partial charge in [0.15, 0.2) is 0 Å². The van der Waals surface area contributed by atoms with Crippen LogP contribution in [0, 0.1) is 5.82 Å². The van der Waals surface area contributed by atoms with E-state index >= 15 is 0 Å². The standard InChI is InChI=1S/C15H11BrClFO2/c16-9-2-4-14-10(6-9)13(19)7-15(20-14)8-1-3-11(17)12(18)5-8/h1-6,13,15,19H,7H2/t13-,15?/m0/s1. The van der Waals surface area contributed by atoms with Crippen LogP contribution < -0.4 is 4.74 Å². The van der Waals surface area contributed by atoms with Gasteiger partial charge < -0.3 is 9.84 Å². The maximum Gasteiger partial charge on any atom is 0.142 e. The molecule has 1 heterocycles. The zero-order valence-corrected chi connectivity index (χ0v) is 12.7. The predicted molar refractivity (Wildman–Crippen MR) is 78.5 cm³/mol. The average molecular weight is 358 g/mol. The third-order valence-corrected chi connectivity index (χ3v) is 4.15. The summed E-state index contributed by atoms with van der Waals surface area (Å²) >= 11 is 9.04. The highest BCUT2D eigenvalue weighted by molar-refractivity contribution is 9.10. The van der Waals surface area contributed by atoms with Gasteiger partial charge in [-0.25, -0.2) is 4.39 Å². The molecule has 0 saturated carbocycles. The van der Waals surface area contributed by atoms with Crippen molar-refractivity contribution in [3.63, 3.8) is 0 Å². The Bertz CT molecular complexity index is 662. The van der Waals surface area contributed by atoms with E-state index in [1.165, 1.54) is 12.1 Å². The third-order valence-electron chi connectivity index (χ3n) is 3.35. The number of fused-ring (bicyclic) bond motifs is 1. The lowest BCUT2D eigenvalue weighted by atomic mass is 9.95. The van der Waals surface area contributed by atoms with Gasteiger partial charge in [0, 0.05) is 16.5 Å². The van der Waals surface area contributed by atoms with Crippen molar-refractivity contribution in [1.29, 1.82) is 0 Å². The number of aliphatic hydroxyl groups excluding tert-OH is 1. The molecular formula is C15H11BrClFO2. The van der Waals surface area contributed by atoms with Gasteiger partial charge in [-0.15, -0.1) is 0 Å². The molecule has 1 aliphatic rings. The minimum Gasteiger partial charge on any atom is -0.485 e. The Kier molecular flexibility index (Phi) is 3.71. The number of aliphatic hydroxyl groups is 1. The quantitative estimate of drug-likeness (QED) is 0.794. The largest absolute Gasteiger partial charge is 0.485 e. The molecule has 0 bridgehead atoms. The third kappa shape index (κ3) is 2.55. The second-order valence-electron chi connectivity index (χ2n) is 4.71. The minimum absolute atomic E-state index is 0.0782. The molecule has 1 N–H and O–H groups in total. The van der Waals surface area contributed by atoms with Crippen LogP contribution in [0.1, 0.15) is 29.8 Å². The Balaban J connectivity index is 1.94. The first-order chi connectivity index (χ1) is 9.54. The fourth-order valence-corrected chi connectivity index (χ4v) is 2.83. The first-order valence-electron chi connectivity index (χ1n) is 6.13. The zero-order chi connectivity index (χ0) is 14.3. The van der Waals surface area contributed by atoms with Crippen molar-refractivity contribution < 1.29 is 14.2 Å². The van der Waals surface area contributed by atoms with Crippen LogP contribution in [0.5, 0.6) is 5.75 Å². The highest BCUT2D eigenvalue weighted by atomic mass is 79.9. The van der Waals surface area contributed by atoms with Crippen molar-refractivity contribution in [2.75, 3.05) is 0 Å². The first-order valence-corrected chi connectivity index (χ1v) is 7.31. The van der Waals surface area contributed by atoms with Gasteiger partial charge >= 0.3 is 0 Å². The molecule has 2 aromatic rings. The van der Waals surface area contributed by atoms with Crippen LogP contribution in [0.3, 0.4) is 0 Å². The summed E-state index contributed by atoms with van der Waals surface area (Å²) in [4.78, 5) is 0. The summed E-state index contributed by atoms with van der Waals surface area (Å²) < 4.78 is 20.3. The van der Waals surface area contributed by atoms with Crippen molar-refractivity contribution in [3.8, 4) is 5.75 Å². The molecule has 2 aromatic carbocycles. The molecular weight excluding hydrogens is 347 g/mol. The summed E-state index contributed by atoms with van der Waals surface area (Å²) in [5.41, 5.74) is 1.41. The fourth-order valence-electron chi connectivity index (χ4n) is 2.33. The molecule has 0 amide bonds. The summed E-state index contributed by atoms with van der Waals surface area (Å²) in [5.74, 6) is 0.135. The zero-order valence-electron chi connectivity index (χ0n) is 10.3. The molecule has 3 rings (SSSR count). The molecule has 0 aromatic heterocycles. The Labute approximate surface area is 129 Å². The van der Waals surface area contributed by atoms with Crippen LogP contribution in [-0.4, -0.2) is 5.11 Å². The lowest BCUT2D eigenvalue weighted by Gasteiger charge is -2.30. The van der Waals surface area contributed by atoms with Gasteiger partial charge in [-0.2, -0.15) is 0 Å². The second kappa shape index (κ2) is 5.35. The summed E-state index contributed by atoms with van der Waals surface area (Å²) in [5, 5.41) is 10.3. The molecule has 2 atom stereocenters. The van der Waals surface area contributed by atoms with Gasteiger partial charge in [0.25, 0.3) is 0 Å². The van der Waals surface area contributed by atoms with Crippen LogP contribution in [0.15, 0.2) is 40.9 Å². The van der Waals surface area contributed by atoms with Gasteiger partial charge in [-0.3, -0.25) is 0 Å². The van der Waals surface area contributed by atoms with E-state index in [9.17, 15) is 9.50 Å². The molecule has 1 aliphatic heterocycles. The average Bonchev–Trinajstić information content (AvgIpc) is 2.42. The number of ether oxygens (including phenoxy) is 1. The van der Waals surface area contributed by atoms with Crippen LogP contribution in [0.4, 0.5) is 4.39 Å². The summed E-state index contributed by atoms with van der Waals surface area (Å²) in [6.07, 6.45) is -0.643. The van der Waals surface area contributed by atoms with E-state index in [0.29, 0.717) is 17.7 Å². The van der Waals surface area contributed by atoms with Crippen molar-refractivity contribution in [2.24, 2.45) is 0 Å². The Morgan fingerprint density at radius 3 is 2.80 bits per heavy atom. The summed E-state index contributed by atoms with van der Waals surface area (Å²) in [6.45, 7) is 0. The Morgan fingerprint density at radius 2 is 2.05 bits per heavy atom. The summed E-state index contributed by atoms with van der Waals surface area (Å²) in [6, 6.07) is 10.0. The highest BCUT2D eigenvalue weighted by Gasteiger charge is 2.28. The van der Waals surface area contributed by atoms with Gasteiger partial charge in [0.1, 0.15) is 17.7 Å².